The van der Waals surface area contributed by atoms with E-state index in [1.165, 1.54) is 21.5 Å². The fraction of sp³-hybridized carbons (Fsp3) is 0.209. The molecule has 0 aliphatic carbocycles. The molecule has 242 valence electrons. The fourth-order valence-electron chi connectivity index (χ4n) is 7.08. The van der Waals surface area contributed by atoms with E-state index in [0.717, 1.165) is 39.0 Å². The number of fused-ring (bicyclic) bond motifs is 3. The number of benzene rings is 6. The van der Waals surface area contributed by atoms with E-state index in [2.05, 4.69) is 153 Å². The molecule has 1 heterocycles. The second kappa shape index (κ2) is 12.7. The summed E-state index contributed by atoms with van der Waals surface area (Å²) in [6.07, 6.45) is 0. The Hall–Kier alpha value is -4.08. The predicted molar refractivity (Wildman–Crippen MR) is 205 cm³/mol. The van der Waals surface area contributed by atoms with Gasteiger partial charge in [-0.3, -0.25) is 0 Å². The smallest absolute Gasteiger partial charge is 0.139 e. The van der Waals surface area contributed by atoms with Gasteiger partial charge in [-0.05, 0) is 55.6 Å². The number of ether oxygens (including phenoxy) is 1. The Morgan fingerprint density at radius 3 is 1.81 bits per heavy atom. The quantitative estimate of drug-likeness (QED) is 0.159. The SMILES string of the molecule is CN([C@@H](c1cccc2c1Oc1c(P(c3ccccc3)c3ccccc3)cccc1C2(C)C)c1cccc2ccccc12)[S@](=O)C(C)(C)C. The van der Waals surface area contributed by atoms with E-state index in [9.17, 15) is 4.21 Å². The van der Waals surface area contributed by atoms with Crippen molar-refractivity contribution in [3.63, 3.8) is 0 Å². The highest BCUT2D eigenvalue weighted by molar-refractivity contribution is 7.84. The standard InChI is InChI=1S/C43H42NO2PS/c1-42(2,3)48(45)44(6)39(34-25-15-19-30-18-13-14-24-33(30)34)35-26-16-27-36-40(35)46-41-37(43(36,4)5)28-17-29-38(41)47(31-20-9-7-10-21-31)32-22-11-8-12-23-32/h7-29,39H,1-6H3/t39-,48-/m1/s1. The van der Waals surface area contributed by atoms with E-state index < -0.39 is 23.7 Å². The molecule has 0 saturated heterocycles. The molecule has 0 spiro atoms. The molecule has 2 atom stereocenters. The van der Waals surface area contributed by atoms with Crippen LogP contribution in [0.3, 0.4) is 0 Å². The van der Waals surface area contributed by atoms with Crippen molar-refractivity contribution in [3.05, 3.63) is 162 Å². The minimum atomic E-state index is -1.30. The maximum absolute atomic E-state index is 14.2. The van der Waals surface area contributed by atoms with Gasteiger partial charge in [0, 0.05) is 34.5 Å². The highest BCUT2D eigenvalue weighted by Gasteiger charge is 2.41. The first-order chi connectivity index (χ1) is 23.1. The number of para-hydroxylation sites is 2. The number of nitrogens with zero attached hydrogens (tertiary/aromatic N) is 1. The molecule has 0 aromatic heterocycles. The van der Waals surface area contributed by atoms with Gasteiger partial charge in [-0.2, -0.15) is 0 Å². The Labute approximate surface area is 289 Å². The molecule has 0 bridgehead atoms. The molecule has 48 heavy (non-hydrogen) atoms. The lowest BCUT2D eigenvalue weighted by Gasteiger charge is -2.40. The van der Waals surface area contributed by atoms with Gasteiger partial charge in [-0.1, -0.05) is 153 Å². The van der Waals surface area contributed by atoms with E-state index in [4.69, 9.17) is 4.74 Å². The third-order valence-corrected chi connectivity index (χ3v) is 13.7. The highest BCUT2D eigenvalue weighted by atomic mass is 32.2. The topological polar surface area (TPSA) is 29.5 Å². The maximum atomic E-state index is 14.2. The van der Waals surface area contributed by atoms with Gasteiger partial charge < -0.3 is 4.74 Å². The second-order valence-electron chi connectivity index (χ2n) is 14.0. The fourth-order valence-corrected chi connectivity index (χ4v) is 10.8. The summed E-state index contributed by atoms with van der Waals surface area (Å²) in [5.41, 5.74) is 4.10. The number of hydrogen-bond donors (Lipinski definition) is 0. The van der Waals surface area contributed by atoms with Gasteiger partial charge in [0.1, 0.15) is 22.5 Å². The average molecular weight is 668 g/mol. The summed E-state index contributed by atoms with van der Waals surface area (Å²) in [4.78, 5) is 0. The summed E-state index contributed by atoms with van der Waals surface area (Å²) in [5.74, 6) is 1.78. The van der Waals surface area contributed by atoms with Crippen LogP contribution in [0.1, 0.15) is 62.9 Å². The minimum Gasteiger partial charge on any atom is -0.456 e. The molecule has 0 amide bonds. The first-order valence-corrected chi connectivity index (χ1v) is 19.0. The zero-order valence-corrected chi connectivity index (χ0v) is 30.2. The molecule has 0 radical (unpaired) electrons. The van der Waals surface area contributed by atoms with E-state index in [-0.39, 0.29) is 11.5 Å². The molecule has 3 nitrogen and oxygen atoms in total. The third kappa shape index (κ3) is 5.71. The highest BCUT2D eigenvalue weighted by Crippen LogP contribution is 2.53. The average Bonchev–Trinajstić information content (AvgIpc) is 3.09. The Morgan fingerprint density at radius 2 is 1.17 bits per heavy atom. The van der Waals surface area contributed by atoms with Crippen molar-refractivity contribution in [1.82, 2.24) is 4.31 Å². The molecule has 6 aromatic carbocycles. The van der Waals surface area contributed by atoms with Crippen LogP contribution >= 0.6 is 7.92 Å². The van der Waals surface area contributed by atoms with Crippen LogP contribution < -0.4 is 20.7 Å². The maximum Gasteiger partial charge on any atom is 0.139 e. The molecule has 7 rings (SSSR count). The number of hydrogen-bond acceptors (Lipinski definition) is 2. The van der Waals surface area contributed by atoms with E-state index in [1.807, 2.05) is 32.1 Å². The van der Waals surface area contributed by atoms with Crippen LogP contribution in [0.15, 0.2) is 140 Å². The van der Waals surface area contributed by atoms with Crippen molar-refractivity contribution in [2.24, 2.45) is 0 Å². The lowest BCUT2D eigenvalue weighted by molar-refractivity contribution is 0.390. The van der Waals surface area contributed by atoms with Crippen molar-refractivity contribution in [2.75, 3.05) is 7.05 Å². The largest absolute Gasteiger partial charge is 0.456 e. The van der Waals surface area contributed by atoms with Gasteiger partial charge in [0.2, 0.25) is 0 Å². The molecule has 5 heteroatoms. The molecular formula is C43H42NO2PS. The van der Waals surface area contributed by atoms with Crippen LogP contribution in [0.2, 0.25) is 0 Å². The normalized spacial score (nSPS) is 15.1. The van der Waals surface area contributed by atoms with Crippen molar-refractivity contribution < 1.29 is 8.95 Å². The summed E-state index contributed by atoms with van der Waals surface area (Å²) < 4.78 is 23.1. The summed E-state index contributed by atoms with van der Waals surface area (Å²) >= 11 is 0. The zero-order chi connectivity index (χ0) is 33.6. The Balaban J connectivity index is 1.47. The van der Waals surface area contributed by atoms with Crippen molar-refractivity contribution >= 4 is 45.6 Å². The second-order valence-corrected chi connectivity index (χ2v) is 18.5. The minimum absolute atomic E-state index is 0.319. The van der Waals surface area contributed by atoms with Crippen molar-refractivity contribution in [3.8, 4) is 11.5 Å². The summed E-state index contributed by atoms with van der Waals surface area (Å²) in [6.45, 7) is 10.7. The molecule has 1 aliphatic heterocycles. The van der Waals surface area contributed by atoms with Crippen LogP contribution in [0.25, 0.3) is 10.8 Å². The molecule has 0 fully saturated rings. The molecular weight excluding hydrogens is 626 g/mol. The van der Waals surface area contributed by atoms with Gasteiger partial charge in [0.05, 0.1) is 10.8 Å². The van der Waals surface area contributed by atoms with E-state index >= 15 is 0 Å². The Bertz CT molecular complexity index is 2080. The first kappa shape index (κ1) is 32.5. The van der Waals surface area contributed by atoms with E-state index in [0.29, 0.717) is 0 Å². The van der Waals surface area contributed by atoms with Crippen LogP contribution in [0.5, 0.6) is 11.5 Å². The lowest BCUT2D eigenvalue weighted by Crippen LogP contribution is -2.38. The summed E-state index contributed by atoms with van der Waals surface area (Å²) in [5, 5.41) is 6.06. The van der Waals surface area contributed by atoms with Crippen molar-refractivity contribution in [2.45, 2.75) is 50.8 Å². The molecule has 0 saturated carbocycles. The van der Waals surface area contributed by atoms with Crippen LogP contribution in [0, 0.1) is 0 Å². The van der Waals surface area contributed by atoms with Gasteiger partial charge in [0.15, 0.2) is 0 Å². The summed E-state index contributed by atoms with van der Waals surface area (Å²) in [7, 11) is -0.217. The van der Waals surface area contributed by atoms with Gasteiger partial charge in [-0.15, -0.1) is 0 Å². The Kier molecular flexibility index (Phi) is 8.62. The monoisotopic (exact) mass is 667 g/mol. The molecule has 1 aliphatic rings. The van der Waals surface area contributed by atoms with E-state index in [1.54, 1.807) is 0 Å². The molecule has 0 unspecified atom stereocenters. The predicted octanol–water partition coefficient (Wildman–Crippen LogP) is 9.51. The van der Waals surface area contributed by atoms with Crippen molar-refractivity contribution in [1.29, 1.82) is 0 Å². The summed E-state index contributed by atoms with van der Waals surface area (Å²) in [6, 6.07) is 49.4. The molecule has 6 aromatic rings. The van der Waals surface area contributed by atoms with Gasteiger partial charge >= 0.3 is 0 Å². The van der Waals surface area contributed by atoms with Gasteiger partial charge in [-0.25, -0.2) is 8.51 Å². The number of rotatable bonds is 7. The Morgan fingerprint density at radius 1 is 0.646 bits per heavy atom. The van der Waals surface area contributed by atoms with Crippen LogP contribution in [-0.4, -0.2) is 20.3 Å². The van der Waals surface area contributed by atoms with Crippen LogP contribution in [0.4, 0.5) is 0 Å². The lowest BCUT2D eigenvalue weighted by atomic mass is 9.74. The molecule has 0 N–H and O–H groups in total. The first-order valence-electron chi connectivity index (χ1n) is 16.5. The zero-order valence-electron chi connectivity index (χ0n) is 28.5. The van der Waals surface area contributed by atoms with Gasteiger partial charge in [0.25, 0.3) is 0 Å². The van der Waals surface area contributed by atoms with Crippen LogP contribution in [-0.2, 0) is 16.4 Å². The third-order valence-electron chi connectivity index (χ3n) is 9.42.